The number of rotatable bonds is 5. The fourth-order valence-corrected chi connectivity index (χ4v) is 6.35. The van der Waals surface area contributed by atoms with E-state index in [1.165, 1.54) is 50.6 Å². The van der Waals surface area contributed by atoms with Gasteiger partial charge >= 0.3 is 0 Å². The van der Waals surface area contributed by atoms with Crippen LogP contribution < -0.4 is 5.32 Å². The van der Waals surface area contributed by atoms with Crippen molar-refractivity contribution in [3.8, 4) is 0 Å². The predicted octanol–water partition coefficient (Wildman–Crippen LogP) is 3.08. The van der Waals surface area contributed by atoms with Crippen molar-refractivity contribution in [3.05, 3.63) is 35.4 Å². The molecule has 27 heavy (non-hydrogen) atoms. The van der Waals surface area contributed by atoms with Gasteiger partial charge in [0.25, 0.3) is 0 Å². The number of ether oxygens (including phenoxy) is 1. The summed E-state index contributed by atoms with van der Waals surface area (Å²) in [6, 6.07) is 9.03. The molecule has 1 amide bonds. The molecule has 4 nitrogen and oxygen atoms in total. The molecule has 1 N–H and O–H groups in total. The Morgan fingerprint density at radius 3 is 2.96 bits per heavy atom. The van der Waals surface area contributed by atoms with E-state index in [1.54, 1.807) is 0 Å². The van der Waals surface area contributed by atoms with Gasteiger partial charge in [-0.15, -0.1) is 0 Å². The summed E-state index contributed by atoms with van der Waals surface area (Å²) in [4.78, 5) is 15.2. The Morgan fingerprint density at radius 2 is 2.15 bits per heavy atom. The first kappa shape index (κ1) is 17.7. The van der Waals surface area contributed by atoms with E-state index in [-0.39, 0.29) is 11.5 Å². The van der Waals surface area contributed by atoms with Gasteiger partial charge < -0.3 is 10.1 Å². The van der Waals surface area contributed by atoms with Gasteiger partial charge in [0.1, 0.15) is 0 Å². The van der Waals surface area contributed by atoms with Gasteiger partial charge in [0.05, 0.1) is 18.1 Å². The number of benzene rings is 1. The topological polar surface area (TPSA) is 41.6 Å². The molecule has 5 rings (SSSR count). The average Bonchev–Trinajstić information content (AvgIpc) is 3.40. The number of likely N-dealkylation sites (tertiary alicyclic amines) is 1. The number of carbonyl (C=O) groups excluding carboxylic acids is 1. The normalized spacial score (nSPS) is 35.7. The average molecular weight is 369 g/mol. The quantitative estimate of drug-likeness (QED) is 0.868. The molecular formula is C23H32N2O2. The molecule has 0 unspecified atom stereocenters. The molecule has 2 bridgehead atoms. The lowest BCUT2D eigenvalue weighted by Crippen LogP contribution is -2.42. The molecule has 1 saturated carbocycles. The summed E-state index contributed by atoms with van der Waals surface area (Å²) in [5, 5.41) is 3.23. The third kappa shape index (κ3) is 3.21. The number of aryl methyl sites for hydroxylation is 1. The largest absolute Gasteiger partial charge is 0.370 e. The number of carbonyl (C=O) groups is 1. The Kier molecular flexibility index (Phi) is 4.52. The second-order valence-corrected chi connectivity index (χ2v) is 9.37. The highest BCUT2D eigenvalue weighted by molar-refractivity contribution is 5.78. The molecular weight excluding hydrogens is 336 g/mol. The van der Waals surface area contributed by atoms with Crippen molar-refractivity contribution < 1.29 is 9.53 Å². The minimum Gasteiger partial charge on any atom is -0.370 e. The number of nitrogens with one attached hydrogen (secondary N) is 1. The van der Waals surface area contributed by atoms with Crippen LogP contribution in [0.1, 0.15) is 49.7 Å². The first-order chi connectivity index (χ1) is 13.1. The minimum absolute atomic E-state index is 0.0964. The second-order valence-electron chi connectivity index (χ2n) is 9.37. The number of amides is 1. The zero-order chi connectivity index (χ0) is 18.4. The first-order valence-electron chi connectivity index (χ1n) is 10.9. The monoisotopic (exact) mass is 368 g/mol. The second kappa shape index (κ2) is 6.89. The van der Waals surface area contributed by atoms with Crippen molar-refractivity contribution >= 4 is 5.91 Å². The Bertz CT molecular complexity index is 714. The van der Waals surface area contributed by atoms with Crippen LogP contribution >= 0.6 is 0 Å². The van der Waals surface area contributed by atoms with E-state index in [9.17, 15) is 4.79 Å². The van der Waals surface area contributed by atoms with Crippen molar-refractivity contribution in [1.82, 2.24) is 10.2 Å². The van der Waals surface area contributed by atoms with Gasteiger partial charge in [-0.3, -0.25) is 9.69 Å². The van der Waals surface area contributed by atoms with Crippen LogP contribution in [0.3, 0.4) is 0 Å². The highest BCUT2D eigenvalue weighted by Crippen LogP contribution is 2.55. The molecule has 3 saturated heterocycles. The van der Waals surface area contributed by atoms with E-state index < -0.39 is 0 Å². The maximum Gasteiger partial charge on any atom is 0.224 e. The molecule has 1 aliphatic carbocycles. The van der Waals surface area contributed by atoms with Crippen LogP contribution in [0.2, 0.25) is 0 Å². The molecule has 4 aliphatic rings. The van der Waals surface area contributed by atoms with E-state index in [4.69, 9.17) is 4.74 Å². The van der Waals surface area contributed by atoms with E-state index in [0.717, 1.165) is 24.7 Å². The maximum atomic E-state index is 12.5. The van der Waals surface area contributed by atoms with Crippen molar-refractivity contribution in [2.45, 2.75) is 69.6 Å². The molecule has 0 aromatic heterocycles. The number of nitrogens with zero attached hydrogens (tertiary/aromatic N) is 1. The summed E-state index contributed by atoms with van der Waals surface area (Å²) in [6.07, 6.45) is 8.74. The van der Waals surface area contributed by atoms with Gasteiger partial charge in [-0.2, -0.15) is 0 Å². The molecule has 3 heterocycles. The van der Waals surface area contributed by atoms with E-state index in [2.05, 4.69) is 29.3 Å². The maximum absolute atomic E-state index is 12.5. The standard InChI is InChI=1S/C23H32N2O2/c1-16-5-4-6-17(11-16)12-22(26)24-13-19-20-14-25(18-7-2-3-8-18)15-23(20)10-9-21(19)27-23/h4-6,11,18-21H,2-3,7-10,12-15H2,1H3,(H,24,26)/t19-,20+,21+,23+/m0/s1. The van der Waals surface area contributed by atoms with E-state index >= 15 is 0 Å². The van der Waals surface area contributed by atoms with Crippen molar-refractivity contribution in [2.24, 2.45) is 11.8 Å². The molecule has 1 spiro atoms. The predicted molar refractivity (Wildman–Crippen MR) is 106 cm³/mol. The summed E-state index contributed by atoms with van der Waals surface area (Å²) in [5.41, 5.74) is 2.40. The number of fused-ring (bicyclic) bond motifs is 1. The van der Waals surface area contributed by atoms with Crippen molar-refractivity contribution in [2.75, 3.05) is 19.6 Å². The summed E-state index contributed by atoms with van der Waals surface area (Å²) in [6.45, 7) is 5.16. The smallest absolute Gasteiger partial charge is 0.224 e. The molecule has 3 aliphatic heterocycles. The lowest BCUT2D eigenvalue weighted by Gasteiger charge is -2.29. The third-order valence-corrected chi connectivity index (χ3v) is 7.63. The van der Waals surface area contributed by atoms with Crippen LogP contribution in [-0.4, -0.2) is 48.2 Å². The van der Waals surface area contributed by atoms with Crippen LogP contribution in [0.15, 0.2) is 24.3 Å². The van der Waals surface area contributed by atoms with Gasteiger partial charge in [-0.05, 0) is 38.2 Å². The highest BCUT2D eigenvalue weighted by Gasteiger charge is 2.63. The number of hydrogen-bond acceptors (Lipinski definition) is 3. The minimum atomic E-state index is 0.0964. The summed E-state index contributed by atoms with van der Waals surface area (Å²) in [5.74, 6) is 1.24. The molecule has 4 fully saturated rings. The Labute approximate surface area is 162 Å². The molecule has 4 heteroatoms. The number of hydrogen-bond donors (Lipinski definition) is 1. The van der Waals surface area contributed by atoms with E-state index in [0.29, 0.717) is 24.4 Å². The Morgan fingerprint density at radius 1 is 1.30 bits per heavy atom. The van der Waals surface area contributed by atoms with Crippen LogP contribution in [-0.2, 0) is 16.0 Å². The van der Waals surface area contributed by atoms with Crippen molar-refractivity contribution in [1.29, 1.82) is 0 Å². The van der Waals surface area contributed by atoms with Crippen LogP contribution in [0, 0.1) is 18.8 Å². The third-order valence-electron chi connectivity index (χ3n) is 7.63. The van der Waals surface area contributed by atoms with Gasteiger partial charge in [0.15, 0.2) is 0 Å². The SMILES string of the molecule is Cc1cccc(CC(=O)NC[C@H]2[C@H]3CN(C4CCCC4)C[C@]34CC[C@H]2O4)c1. The molecule has 1 aromatic carbocycles. The zero-order valence-corrected chi connectivity index (χ0v) is 16.5. The van der Waals surface area contributed by atoms with Gasteiger partial charge in [-0.1, -0.05) is 42.7 Å². The van der Waals surface area contributed by atoms with Gasteiger partial charge in [0.2, 0.25) is 5.91 Å². The van der Waals surface area contributed by atoms with Crippen LogP contribution in [0.25, 0.3) is 0 Å². The Hall–Kier alpha value is -1.39. The molecule has 1 aromatic rings. The molecule has 0 radical (unpaired) electrons. The van der Waals surface area contributed by atoms with Gasteiger partial charge in [0, 0.05) is 37.5 Å². The molecule has 146 valence electrons. The highest BCUT2D eigenvalue weighted by atomic mass is 16.5. The van der Waals surface area contributed by atoms with Crippen LogP contribution in [0.5, 0.6) is 0 Å². The van der Waals surface area contributed by atoms with Crippen molar-refractivity contribution in [3.63, 3.8) is 0 Å². The summed E-state index contributed by atoms with van der Waals surface area (Å²) >= 11 is 0. The summed E-state index contributed by atoms with van der Waals surface area (Å²) in [7, 11) is 0. The lowest BCUT2D eigenvalue weighted by atomic mass is 9.73. The zero-order valence-electron chi connectivity index (χ0n) is 16.5. The first-order valence-corrected chi connectivity index (χ1v) is 10.9. The summed E-state index contributed by atoms with van der Waals surface area (Å²) < 4.78 is 6.56. The fraction of sp³-hybridized carbons (Fsp3) is 0.696. The lowest BCUT2D eigenvalue weighted by molar-refractivity contribution is -0.120. The molecule has 4 atom stereocenters. The van der Waals surface area contributed by atoms with Gasteiger partial charge in [-0.25, -0.2) is 0 Å². The Balaban J connectivity index is 1.20. The van der Waals surface area contributed by atoms with E-state index in [1.807, 2.05) is 12.1 Å². The fourth-order valence-electron chi connectivity index (χ4n) is 6.35. The van der Waals surface area contributed by atoms with Crippen LogP contribution in [0.4, 0.5) is 0 Å².